The molecule has 7 nitrogen and oxygen atoms in total. The second kappa shape index (κ2) is 4.76. The summed E-state index contributed by atoms with van der Waals surface area (Å²) >= 11 is 0. The molecule has 0 aliphatic rings. The number of hydrogen-bond acceptors (Lipinski definition) is 4. The van der Waals surface area contributed by atoms with Gasteiger partial charge >= 0.3 is 0 Å². The first kappa shape index (κ1) is 12.3. The molecule has 0 saturated carbocycles. The summed E-state index contributed by atoms with van der Waals surface area (Å²) in [6, 6.07) is 7.31. The van der Waals surface area contributed by atoms with Crippen LogP contribution in [0.5, 0.6) is 0 Å². The highest BCUT2D eigenvalue weighted by molar-refractivity contribution is 5.93. The van der Waals surface area contributed by atoms with Crippen molar-refractivity contribution in [3.63, 3.8) is 0 Å². The maximum absolute atomic E-state index is 12.3. The Bertz CT molecular complexity index is 759. The van der Waals surface area contributed by atoms with Crippen molar-refractivity contribution < 1.29 is 4.79 Å². The van der Waals surface area contributed by atoms with E-state index in [0.29, 0.717) is 5.95 Å². The number of aromatic nitrogens is 5. The van der Waals surface area contributed by atoms with Crippen LogP contribution in [-0.2, 0) is 11.8 Å². The molecule has 1 unspecified atom stereocenters. The minimum atomic E-state index is -0.390. The molecule has 0 bridgehead atoms. The minimum Gasteiger partial charge on any atom is -0.318 e. The number of hydrogen-bond donors (Lipinski definition) is 1. The normalized spacial score (nSPS) is 12.5. The lowest BCUT2D eigenvalue weighted by molar-refractivity contribution is -0.118. The van der Waals surface area contributed by atoms with Gasteiger partial charge in [0.25, 0.3) is 0 Å². The van der Waals surface area contributed by atoms with Gasteiger partial charge in [-0.05, 0) is 19.1 Å². The number of carbonyl (C=O) groups excluding carboxylic acids is 1. The fraction of sp³-hybridized carbons (Fsp3) is 0.231. The van der Waals surface area contributed by atoms with E-state index in [4.69, 9.17) is 0 Å². The Morgan fingerprint density at radius 1 is 1.30 bits per heavy atom. The number of benzene rings is 1. The van der Waals surface area contributed by atoms with Crippen LogP contribution in [0.15, 0.2) is 36.9 Å². The Morgan fingerprint density at radius 3 is 2.85 bits per heavy atom. The Hall–Kier alpha value is -2.70. The quantitative estimate of drug-likeness (QED) is 0.779. The van der Waals surface area contributed by atoms with E-state index in [0.717, 1.165) is 11.0 Å². The Balaban J connectivity index is 1.87. The van der Waals surface area contributed by atoms with E-state index in [1.807, 2.05) is 35.8 Å². The van der Waals surface area contributed by atoms with Crippen molar-refractivity contribution in [2.45, 2.75) is 13.0 Å². The lowest BCUT2D eigenvalue weighted by Gasteiger charge is -2.13. The van der Waals surface area contributed by atoms with Gasteiger partial charge in [-0.3, -0.25) is 10.1 Å². The summed E-state index contributed by atoms with van der Waals surface area (Å²) in [5.41, 5.74) is 1.79. The molecule has 0 radical (unpaired) electrons. The van der Waals surface area contributed by atoms with Crippen LogP contribution in [0.4, 0.5) is 5.95 Å². The molecular weight excluding hydrogens is 256 g/mol. The molecule has 0 aliphatic carbocycles. The SMILES string of the molecule is CC(C(=O)Nc1nncn1C)n1cnc2ccccc21. The van der Waals surface area contributed by atoms with E-state index in [-0.39, 0.29) is 11.9 Å². The van der Waals surface area contributed by atoms with Gasteiger partial charge in [-0.15, -0.1) is 10.2 Å². The molecule has 7 heteroatoms. The standard InChI is InChI=1S/C13H14N6O/c1-9(12(20)16-13-17-15-8-18(13)2)19-7-14-10-5-3-4-6-11(10)19/h3-9H,1-2H3,(H,16,17,20). The van der Waals surface area contributed by atoms with Crippen LogP contribution < -0.4 is 5.32 Å². The third-order valence-electron chi connectivity index (χ3n) is 3.22. The zero-order valence-corrected chi connectivity index (χ0v) is 11.2. The summed E-state index contributed by atoms with van der Waals surface area (Å²) in [4.78, 5) is 16.6. The van der Waals surface area contributed by atoms with E-state index in [9.17, 15) is 4.79 Å². The van der Waals surface area contributed by atoms with E-state index < -0.39 is 0 Å². The summed E-state index contributed by atoms with van der Waals surface area (Å²) in [7, 11) is 1.77. The smallest absolute Gasteiger partial charge is 0.249 e. The first-order valence-electron chi connectivity index (χ1n) is 6.23. The Morgan fingerprint density at radius 2 is 2.10 bits per heavy atom. The first-order valence-corrected chi connectivity index (χ1v) is 6.23. The van der Waals surface area contributed by atoms with Gasteiger partial charge in [0.05, 0.1) is 17.4 Å². The second-order valence-electron chi connectivity index (χ2n) is 4.57. The molecule has 1 N–H and O–H groups in total. The number of para-hydroxylation sites is 2. The number of rotatable bonds is 3. The molecule has 3 rings (SSSR count). The molecule has 0 saturated heterocycles. The fourth-order valence-corrected chi connectivity index (χ4v) is 2.02. The number of carbonyl (C=O) groups is 1. The molecule has 1 aromatic carbocycles. The summed E-state index contributed by atoms with van der Waals surface area (Å²) in [5, 5.41) is 10.3. The zero-order chi connectivity index (χ0) is 14.1. The highest BCUT2D eigenvalue weighted by Gasteiger charge is 2.18. The molecule has 0 aliphatic heterocycles. The van der Waals surface area contributed by atoms with Gasteiger partial charge in [-0.1, -0.05) is 12.1 Å². The van der Waals surface area contributed by atoms with E-state index in [1.165, 1.54) is 6.33 Å². The first-order chi connectivity index (χ1) is 9.66. The van der Waals surface area contributed by atoms with Crippen molar-refractivity contribution in [2.24, 2.45) is 7.05 Å². The lowest BCUT2D eigenvalue weighted by atomic mass is 10.2. The van der Waals surface area contributed by atoms with Gasteiger partial charge in [-0.25, -0.2) is 4.98 Å². The van der Waals surface area contributed by atoms with Gasteiger partial charge in [0.15, 0.2) is 0 Å². The average molecular weight is 270 g/mol. The highest BCUT2D eigenvalue weighted by atomic mass is 16.2. The summed E-state index contributed by atoms with van der Waals surface area (Å²) in [6.07, 6.45) is 3.21. The largest absolute Gasteiger partial charge is 0.318 e. The van der Waals surface area contributed by atoms with Crippen LogP contribution >= 0.6 is 0 Å². The maximum atomic E-state index is 12.3. The fourth-order valence-electron chi connectivity index (χ4n) is 2.02. The molecule has 1 atom stereocenters. The molecule has 1 amide bonds. The van der Waals surface area contributed by atoms with Gasteiger partial charge < -0.3 is 9.13 Å². The Labute approximate surface area is 115 Å². The molecule has 3 aromatic rings. The highest BCUT2D eigenvalue weighted by Crippen LogP contribution is 2.18. The van der Waals surface area contributed by atoms with Gasteiger partial charge in [0, 0.05) is 7.05 Å². The molecular formula is C13H14N6O. The van der Waals surface area contributed by atoms with E-state index in [2.05, 4.69) is 20.5 Å². The van der Waals surface area contributed by atoms with Crippen LogP contribution in [0.3, 0.4) is 0 Å². The molecule has 2 aromatic heterocycles. The number of nitrogens with zero attached hydrogens (tertiary/aromatic N) is 5. The minimum absolute atomic E-state index is 0.163. The van der Waals surface area contributed by atoms with Crippen LogP contribution in [0.2, 0.25) is 0 Å². The maximum Gasteiger partial charge on any atom is 0.249 e. The second-order valence-corrected chi connectivity index (χ2v) is 4.57. The van der Waals surface area contributed by atoms with Crippen molar-refractivity contribution >= 4 is 22.9 Å². The number of aryl methyl sites for hydroxylation is 1. The molecule has 20 heavy (non-hydrogen) atoms. The number of nitrogens with one attached hydrogen (secondary N) is 1. The topological polar surface area (TPSA) is 77.6 Å². The van der Waals surface area contributed by atoms with Gasteiger partial charge in [0.1, 0.15) is 12.4 Å². The summed E-state index contributed by atoms with van der Waals surface area (Å²) < 4.78 is 3.48. The molecule has 0 spiro atoms. The van der Waals surface area contributed by atoms with Crippen LogP contribution in [-0.4, -0.2) is 30.2 Å². The monoisotopic (exact) mass is 270 g/mol. The number of fused-ring (bicyclic) bond motifs is 1. The molecule has 0 fully saturated rings. The Kier molecular flexibility index (Phi) is 2.94. The third-order valence-corrected chi connectivity index (χ3v) is 3.22. The van der Waals surface area contributed by atoms with E-state index >= 15 is 0 Å². The number of amides is 1. The summed E-state index contributed by atoms with van der Waals surface area (Å²) in [6.45, 7) is 1.82. The van der Waals surface area contributed by atoms with Crippen LogP contribution in [0.25, 0.3) is 11.0 Å². The third kappa shape index (κ3) is 2.03. The predicted octanol–water partition coefficient (Wildman–Crippen LogP) is 1.36. The van der Waals surface area contributed by atoms with Gasteiger partial charge in [0.2, 0.25) is 11.9 Å². The zero-order valence-electron chi connectivity index (χ0n) is 11.2. The lowest BCUT2D eigenvalue weighted by Crippen LogP contribution is -2.24. The van der Waals surface area contributed by atoms with E-state index in [1.54, 1.807) is 17.9 Å². The van der Waals surface area contributed by atoms with Crippen molar-refractivity contribution in [2.75, 3.05) is 5.32 Å². The average Bonchev–Trinajstić information content (AvgIpc) is 3.05. The van der Waals surface area contributed by atoms with Gasteiger partial charge in [-0.2, -0.15) is 0 Å². The van der Waals surface area contributed by atoms with Crippen LogP contribution in [0.1, 0.15) is 13.0 Å². The van der Waals surface area contributed by atoms with Crippen molar-refractivity contribution in [1.29, 1.82) is 0 Å². The van der Waals surface area contributed by atoms with Crippen molar-refractivity contribution in [3.05, 3.63) is 36.9 Å². The molecule has 2 heterocycles. The van der Waals surface area contributed by atoms with Crippen molar-refractivity contribution in [3.8, 4) is 0 Å². The summed E-state index contributed by atoms with van der Waals surface area (Å²) in [5.74, 6) is 0.260. The predicted molar refractivity (Wildman–Crippen MR) is 74.1 cm³/mol. The van der Waals surface area contributed by atoms with Crippen LogP contribution in [0, 0.1) is 0 Å². The number of imidazole rings is 1. The van der Waals surface area contributed by atoms with Crippen molar-refractivity contribution in [1.82, 2.24) is 24.3 Å². The molecule has 102 valence electrons. The number of anilines is 1.